The van der Waals surface area contributed by atoms with E-state index in [0.29, 0.717) is 0 Å². The van der Waals surface area contributed by atoms with Crippen LogP contribution in [0, 0.1) is 0 Å². The van der Waals surface area contributed by atoms with Gasteiger partial charge in [-0.15, -0.1) is 0 Å². The Labute approximate surface area is 44.7 Å². The minimum atomic E-state index is -1.09. The molecular weight excluding hydrogens is 119 g/mol. The highest BCUT2D eigenvalue weighted by molar-refractivity contribution is 6.41. The van der Waals surface area contributed by atoms with Gasteiger partial charge >= 0.3 is 11.8 Å². The summed E-state index contributed by atoms with van der Waals surface area (Å²) < 4.78 is 0. The van der Waals surface area contributed by atoms with Gasteiger partial charge in [0.2, 0.25) is 0 Å². The van der Waals surface area contributed by atoms with Crippen LogP contribution in [0.3, 0.4) is 0 Å². The van der Waals surface area contributed by atoms with E-state index in [1.807, 2.05) is 0 Å². The summed E-state index contributed by atoms with van der Waals surface area (Å²) in [6, 6.07) is 0. The second-order valence-corrected chi connectivity index (χ2v) is 0.977. The first-order valence-corrected chi connectivity index (χ1v) is 1.76. The van der Waals surface area contributed by atoms with Crippen LogP contribution in [0.5, 0.6) is 0 Å². The number of carbonyl (C=O) groups excluding carboxylic acids is 2. The highest BCUT2D eigenvalue weighted by Gasteiger charge is 2.03. The van der Waals surface area contributed by atoms with Crippen molar-refractivity contribution in [2.45, 2.75) is 0 Å². The Morgan fingerprint density at radius 2 is 2.00 bits per heavy atom. The molecule has 0 rings (SSSR count). The SMILES string of the molecule is NC(=O)C(=O)NCl. The van der Waals surface area contributed by atoms with Gasteiger partial charge in [-0.1, -0.05) is 0 Å². The molecule has 0 saturated carbocycles. The topological polar surface area (TPSA) is 72.2 Å². The molecule has 7 heavy (non-hydrogen) atoms. The maximum absolute atomic E-state index is 9.79. The molecule has 0 atom stereocenters. The van der Waals surface area contributed by atoms with Crippen LogP contribution in [0.1, 0.15) is 0 Å². The van der Waals surface area contributed by atoms with E-state index in [4.69, 9.17) is 0 Å². The van der Waals surface area contributed by atoms with Gasteiger partial charge in [0.1, 0.15) is 0 Å². The quantitative estimate of drug-likeness (QED) is 0.311. The van der Waals surface area contributed by atoms with Gasteiger partial charge in [0.05, 0.1) is 0 Å². The molecule has 0 bridgehead atoms. The summed E-state index contributed by atoms with van der Waals surface area (Å²) in [5, 5.41) is 0. The highest BCUT2D eigenvalue weighted by Crippen LogP contribution is 1.62. The Morgan fingerprint density at radius 3 is 2.00 bits per heavy atom. The van der Waals surface area contributed by atoms with Crippen molar-refractivity contribution >= 4 is 23.6 Å². The summed E-state index contributed by atoms with van der Waals surface area (Å²) in [5.74, 6) is -2.09. The molecule has 0 aliphatic heterocycles. The van der Waals surface area contributed by atoms with Crippen LogP contribution in [0.4, 0.5) is 0 Å². The number of hydrogen-bond donors (Lipinski definition) is 2. The Bertz CT molecular complexity index is 102. The van der Waals surface area contributed by atoms with Gasteiger partial charge in [0.15, 0.2) is 0 Å². The van der Waals surface area contributed by atoms with Crippen molar-refractivity contribution in [1.82, 2.24) is 4.84 Å². The van der Waals surface area contributed by atoms with E-state index in [1.165, 1.54) is 4.84 Å². The zero-order valence-corrected chi connectivity index (χ0v) is 4.03. The Morgan fingerprint density at radius 1 is 1.57 bits per heavy atom. The second-order valence-electron chi connectivity index (χ2n) is 0.788. The summed E-state index contributed by atoms with van der Waals surface area (Å²) in [5.41, 5.74) is 4.41. The first-order valence-electron chi connectivity index (χ1n) is 1.39. The van der Waals surface area contributed by atoms with E-state index in [-0.39, 0.29) is 0 Å². The van der Waals surface area contributed by atoms with Crippen molar-refractivity contribution in [3.8, 4) is 0 Å². The van der Waals surface area contributed by atoms with Crippen molar-refractivity contribution in [3.63, 3.8) is 0 Å². The molecular formula is C2H3ClN2O2. The van der Waals surface area contributed by atoms with Crippen molar-refractivity contribution in [2.75, 3.05) is 0 Å². The Balaban J connectivity index is 3.58. The summed E-state index contributed by atoms with van der Waals surface area (Å²) in [6.07, 6.45) is 0. The third-order valence-corrected chi connectivity index (χ3v) is 0.481. The molecule has 2 amide bonds. The summed E-state index contributed by atoms with van der Waals surface area (Å²) in [7, 11) is 0. The molecule has 0 aromatic heterocycles. The van der Waals surface area contributed by atoms with Gasteiger partial charge in [-0.2, -0.15) is 0 Å². The van der Waals surface area contributed by atoms with Crippen molar-refractivity contribution < 1.29 is 9.59 Å². The van der Waals surface area contributed by atoms with Crippen molar-refractivity contribution in [1.29, 1.82) is 0 Å². The van der Waals surface area contributed by atoms with Crippen LogP contribution < -0.4 is 10.6 Å². The molecule has 0 fully saturated rings. The molecule has 3 N–H and O–H groups in total. The normalized spacial score (nSPS) is 7.57. The third-order valence-electron chi connectivity index (χ3n) is 0.310. The van der Waals surface area contributed by atoms with Crippen LogP contribution in [-0.2, 0) is 9.59 Å². The lowest BCUT2D eigenvalue weighted by Crippen LogP contribution is -2.30. The molecule has 40 valence electrons. The summed E-state index contributed by atoms with van der Waals surface area (Å²) in [6.45, 7) is 0. The third kappa shape index (κ3) is 1.99. The first kappa shape index (κ1) is 6.23. The molecule has 0 aromatic carbocycles. The number of nitrogens with two attached hydrogens (primary N) is 1. The molecule has 0 aromatic rings. The van der Waals surface area contributed by atoms with E-state index in [1.54, 1.807) is 0 Å². The number of amides is 2. The molecule has 0 heterocycles. The van der Waals surface area contributed by atoms with Crippen LogP contribution in [-0.4, -0.2) is 11.8 Å². The van der Waals surface area contributed by atoms with E-state index in [2.05, 4.69) is 17.5 Å². The number of hydrogen-bond acceptors (Lipinski definition) is 2. The Hall–Kier alpha value is -0.770. The van der Waals surface area contributed by atoms with Crippen LogP contribution >= 0.6 is 11.8 Å². The number of primary amides is 1. The largest absolute Gasteiger partial charge is 0.361 e. The predicted octanol–water partition coefficient (Wildman–Crippen LogP) is -1.26. The van der Waals surface area contributed by atoms with E-state index >= 15 is 0 Å². The zero-order valence-electron chi connectivity index (χ0n) is 3.27. The van der Waals surface area contributed by atoms with Crippen molar-refractivity contribution in [3.05, 3.63) is 0 Å². The predicted molar refractivity (Wildman–Crippen MR) is 23.2 cm³/mol. The fraction of sp³-hybridized carbons (Fsp3) is 0. The van der Waals surface area contributed by atoms with E-state index < -0.39 is 11.8 Å². The summed E-state index contributed by atoms with van der Waals surface area (Å²) >= 11 is 4.65. The lowest BCUT2D eigenvalue weighted by molar-refractivity contribution is -0.136. The monoisotopic (exact) mass is 122 g/mol. The fourth-order valence-corrected chi connectivity index (χ4v) is 0.140. The standard InChI is InChI=1S/C2H3ClN2O2/c3-5-2(7)1(4)6/h(H2,4,6)(H,5,7). The minimum Gasteiger partial charge on any atom is -0.361 e. The molecule has 0 spiro atoms. The maximum atomic E-state index is 9.79. The molecule has 0 aliphatic carbocycles. The molecule has 0 radical (unpaired) electrons. The maximum Gasteiger partial charge on any atom is 0.323 e. The van der Waals surface area contributed by atoms with Crippen LogP contribution in [0.2, 0.25) is 0 Å². The number of rotatable bonds is 0. The first-order chi connectivity index (χ1) is 3.18. The molecule has 0 aliphatic rings. The highest BCUT2D eigenvalue weighted by atomic mass is 35.5. The number of carbonyl (C=O) groups is 2. The Kier molecular flexibility index (Phi) is 2.15. The smallest absolute Gasteiger partial charge is 0.323 e. The average molecular weight is 123 g/mol. The van der Waals surface area contributed by atoms with Gasteiger partial charge in [-0.25, -0.2) is 0 Å². The molecule has 5 heteroatoms. The van der Waals surface area contributed by atoms with Crippen LogP contribution in [0.15, 0.2) is 0 Å². The van der Waals surface area contributed by atoms with E-state index in [9.17, 15) is 9.59 Å². The molecule has 0 unspecified atom stereocenters. The van der Waals surface area contributed by atoms with Gasteiger partial charge < -0.3 is 5.73 Å². The minimum absolute atomic E-state index is 0.998. The number of nitrogens with one attached hydrogen (secondary N) is 1. The second kappa shape index (κ2) is 2.41. The van der Waals surface area contributed by atoms with Gasteiger partial charge in [0, 0.05) is 11.8 Å². The number of halogens is 1. The lowest BCUT2D eigenvalue weighted by atomic mass is 10.6. The van der Waals surface area contributed by atoms with Gasteiger partial charge in [-0.3, -0.25) is 14.4 Å². The van der Waals surface area contributed by atoms with E-state index in [0.717, 1.165) is 0 Å². The fourth-order valence-electron chi connectivity index (χ4n) is 0.0466. The molecule has 4 nitrogen and oxygen atoms in total. The lowest BCUT2D eigenvalue weighted by Gasteiger charge is -1.83. The average Bonchev–Trinajstić information content (AvgIpc) is 1.65. The summed E-state index contributed by atoms with van der Waals surface area (Å²) in [4.78, 5) is 21.0. The van der Waals surface area contributed by atoms with Gasteiger partial charge in [0.25, 0.3) is 0 Å². The molecule has 0 saturated heterocycles. The zero-order chi connectivity index (χ0) is 5.86. The van der Waals surface area contributed by atoms with Crippen LogP contribution in [0.25, 0.3) is 0 Å². The van der Waals surface area contributed by atoms with Gasteiger partial charge in [-0.05, 0) is 0 Å². The van der Waals surface area contributed by atoms with Crippen molar-refractivity contribution in [2.24, 2.45) is 5.73 Å².